The van der Waals surface area contributed by atoms with Gasteiger partial charge in [0.1, 0.15) is 11.6 Å². The van der Waals surface area contributed by atoms with E-state index in [0.29, 0.717) is 0 Å². The quantitative estimate of drug-likeness (QED) is 0.742. The van der Waals surface area contributed by atoms with Crippen LogP contribution in [0.2, 0.25) is 0 Å². The van der Waals surface area contributed by atoms with Crippen LogP contribution in [0.25, 0.3) is 0 Å². The second kappa shape index (κ2) is 7.66. The highest BCUT2D eigenvalue weighted by Gasteiger charge is 2.19. The van der Waals surface area contributed by atoms with E-state index in [9.17, 15) is 0 Å². The monoisotopic (exact) mass is 348 g/mol. The van der Waals surface area contributed by atoms with Crippen LogP contribution in [0.5, 0.6) is 0 Å². The molecule has 3 heterocycles. The molecule has 0 bridgehead atoms. The molecule has 1 atom stereocenters. The zero-order chi connectivity index (χ0) is 17.8. The molecule has 1 aromatic carbocycles. The number of anilines is 1. The summed E-state index contributed by atoms with van der Waals surface area (Å²) in [4.78, 5) is 13.6. The predicted octanol–water partition coefficient (Wildman–Crippen LogP) is 2.52. The maximum atomic E-state index is 4.75. The van der Waals surface area contributed by atoms with Gasteiger partial charge in [0.25, 0.3) is 0 Å². The standard InChI is InChI=1S/C20H24N6/c1-15-23-18-8-10-21-9-7-17(18)20(24-15)25-19(13-26-12-11-22-14-26)16-5-3-2-4-6-16/h2-6,11-12,14,19,21H,7-10,13H2,1H3,(H,23,24,25)/t19-/m1/s1. The Kier molecular flexibility index (Phi) is 4.93. The van der Waals surface area contributed by atoms with Crippen molar-refractivity contribution in [2.24, 2.45) is 0 Å². The van der Waals surface area contributed by atoms with Crippen molar-refractivity contribution in [2.75, 3.05) is 18.4 Å². The first-order valence-electron chi connectivity index (χ1n) is 9.14. The largest absolute Gasteiger partial charge is 0.361 e. The predicted molar refractivity (Wildman–Crippen MR) is 102 cm³/mol. The van der Waals surface area contributed by atoms with Gasteiger partial charge in [0.2, 0.25) is 0 Å². The number of imidazole rings is 1. The van der Waals surface area contributed by atoms with Gasteiger partial charge in [-0.05, 0) is 25.5 Å². The average molecular weight is 348 g/mol. The van der Waals surface area contributed by atoms with Crippen LogP contribution < -0.4 is 10.6 Å². The Labute approximate surface area is 153 Å². The van der Waals surface area contributed by atoms with E-state index in [-0.39, 0.29) is 6.04 Å². The summed E-state index contributed by atoms with van der Waals surface area (Å²) in [5.41, 5.74) is 3.64. The molecule has 2 N–H and O–H groups in total. The SMILES string of the molecule is Cc1nc2c(c(N[C@H](Cn3ccnc3)c3ccccc3)n1)CCNCC2. The van der Waals surface area contributed by atoms with Gasteiger partial charge >= 0.3 is 0 Å². The summed E-state index contributed by atoms with van der Waals surface area (Å²) >= 11 is 0. The van der Waals surface area contributed by atoms with Crippen LogP contribution in [-0.4, -0.2) is 32.6 Å². The average Bonchev–Trinajstić information content (AvgIpc) is 3.05. The number of hydrogen-bond acceptors (Lipinski definition) is 5. The Morgan fingerprint density at radius 2 is 2.00 bits per heavy atom. The number of aromatic nitrogens is 4. The van der Waals surface area contributed by atoms with Crippen molar-refractivity contribution in [3.05, 3.63) is 71.7 Å². The number of nitrogens with zero attached hydrogens (tertiary/aromatic N) is 4. The summed E-state index contributed by atoms with van der Waals surface area (Å²) in [6.07, 6.45) is 7.56. The van der Waals surface area contributed by atoms with Gasteiger partial charge < -0.3 is 15.2 Å². The van der Waals surface area contributed by atoms with Gasteiger partial charge in [0.05, 0.1) is 18.1 Å². The molecule has 0 amide bonds. The molecule has 1 aliphatic heterocycles. The maximum absolute atomic E-state index is 4.75. The zero-order valence-electron chi connectivity index (χ0n) is 15.0. The maximum Gasteiger partial charge on any atom is 0.133 e. The highest BCUT2D eigenvalue weighted by Crippen LogP contribution is 2.25. The van der Waals surface area contributed by atoms with E-state index in [0.717, 1.165) is 44.1 Å². The third-order valence-electron chi connectivity index (χ3n) is 4.76. The molecule has 1 aliphatic rings. The van der Waals surface area contributed by atoms with E-state index < -0.39 is 0 Å². The van der Waals surface area contributed by atoms with Crippen LogP contribution >= 0.6 is 0 Å². The smallest absolute Gasteiger partial charge is 0.133 e. The molecule has 0 saturated heterocycles. The molecule has 0 radical (unpaired) electrons. The molecule has 2 aromatic heterocycles. The fourth-order valence-electron chi connectivity index (χ4n) is 3.48. The third kappa shape index (κ3) is 3.75. The number of aryl methyl sites for hydroxylation is 1. The molecule has 6 heteroatoms. The molecule has 0 unspecified atom stereocenters. The van der Waals surface area contributed by atoms with Gasteiger partial charge in [-0.2, -0.15) is 0 Å². The minimum atomic E-state index is 0.111. The van der Waals surface area contributed by atoms with E-state index >= 15 is 0 Å². The molecule has 3 aromatic rings. The van der Waals surface area contributed by atoms with Gasteiger partial charge in [-0.15, -0.1) is 0 Å². The van der Waals surface area contributed by atoms with Crippen LogP contribution in [-0.2, 0) is 19.4 Å². The first kappa shape index (κ1) is 16.7. The topological polar surface area (TPSA) is 67.7 Å². The van der Waals surface area contributed by atoms with Crippen molar-refractivity contribution in [1.82, 2.24) is 24.8 Å². The van der Waals surface area contributed by atoms with Crippen molar-refractivity contribution in [2.45, 2.75) is 32.4 Å². The zero-order valence-corrected chi connectivity index (χ0v) is 15.0. The Balaban J connectivity index is 1.68. The first-order chi connectivity index (χ1) is 12.8. The number of fused-ring (bicyclic) bond motifs is 1. The number of nitrogens with one attached hydrogen (secondary N) is 2. The molecular weight excluding hydrogens is 324 g/mol. The van der Waals surface area contributed by atoms with Crippen LogP contribution in [0, 0.1) is 6.92 Å². The lowest BCUT2D eigenvalue weighted by molar-refractivity contribution is 0.604. The first-order valence-corrected chi connectivity index (χ1v) is 9.14. The molecule has 0 spiro atoms. The summed E-state index contributed by atoms with van der Waals surface area (Å²) < 4.78 is 2.10. The van der Waals surface area contributed by atoms with Crippen LogP contribution in [0.15, 0.2) is 49.1 Å². The minimum absolute atomic E-state index is 0.111. The summed E-state index contributed by atoms with van der Waals surface area (Å²) in [5, 5.41) is 7.16. The Morgan fingerprint density at radius 3 is 2.81 bits per heavy atom. The number of rotatable bonds is 5. The number of hydrogen-bond donors (Lipinski definition) is 2. The van der Waals surface area contributed by atoms with Crippen LogP contribution in [0.1, 0.15) is 28.7 Å². The highest BCUT2D eigenvalue weighted by molar-refractivity contribution is 5.49. The second-order valence-corrected chi connectivity index (χ2v) is 6.66. The fourth-order valence-corrected chi connectivity index (χ4v) is 3.48. The van der Waals surface area contributed by atoms with Crippen molar-refractivity contribution < 1.29 is 0 Å². The summed E-state index contributed by atoms with van der Waals surface area (Å²) in [6, 6.07) is 10.6. The van der Waals surface area contributed by atoms with E-state index in [1.807, 2.05) is 31.7 Å². The van der Waals surface area contributed by atoms with Gasteiger partial charge in [0.15, 0.2) is 0 Å². The lowest BCUT2D eigenvalue weighted by Crippen LogP contribution is -2.20. The van der Waals surface area contributed by atoms with Gasteiger partial charge in [-0.1, -0.05) is 30.3 Å². The Hall–Kier alpha value is -2.73. The summed E-state index contributed by atoms with van der Waals surface area (Å²) in [6.45, 7) is 4.70. The second-order valence-electron chi connectivity index (χ2n) is 6.66. The van der Waals surface area contributed by atoms with Crippen molar-refractivity contribution in [1.29, 1.82) is 0 Å². The van der Waals surface area contributed by atoms with Crippen LogP contribution in [0.4, 0.5) is 5.82 Å². The summed E-state index contributed by atoms with van der Waals surface area (Å²) in [7, 11) is 0. The molecule has 134 valence electrons. The van der Waals surface area contributed by atoms with Crippen molar-refractivity contribution in [3.63, 3.8) is 0 Å². The normalized spacial score (nSPS) is 15.1. The van der Waals surface area contributed by atoms with E-state index in [1.165, 1.54) is 16.8 Å². The van der Waals surface area contributed by atoms with E-state index in [4.69, 9.17) is 4.98 Å². The third-order valence-corrected chi connectivity index (χ3v) is 4.76. The molecule has 6 nitrogen and oxygen atoms in total. The fraction of sp³-hybridized carbons (Fsp3) is 0.350. The van der Waals surface area contributed by atoms with Gasteiger partial charge in [0, 0.05) is 37.5 Å². The molecule has 26 heavy (non-hydrogen) atoms. The molecular formula is C20H24N6. The van der Waals surface area contributed by atoms with E-state index in [2.05, 4.69) is 49.4 Å². The van der Waals surface area contributed by atoms with E-state index in [1.54, 1.807) is 0 Å². The minimum Gasteiger partial charge on any atom is -0.361 e. The molecule has 0 aliphatic carbocycles. The van der Waals surface area contributed by atoms with Gasteiger partial charge in [-0.3, -0.25) is 0 Å². The van der Waals surface area contributed by atoms with Gasteiger partial charge in [-0.25, -0.2) is 15.0 Å². The Morgan fingerprint density at radius 1 is 1.15 bits per heavy atom. The van der Waals surface area contributed by atoms with Crippen molar-refractivity contribution in [3.8, 4) is 0 Å². The summed E-state index contributed by atoms with van der Waals surface area (Å²) in [5.74, 6) is 1.78. The molecule has 4 rings (SSSR count). The molecule has 0 saturated carbocycles. The van der Waals surface area contributed by atoms with Crippen molar-refractivity contribution >= 4 is 5.82 Å². The lowest BCUT2D eigenvalue weighted by Gasteiger charge is -2.23. The number of benzene rings is 1. The lowest BCUT2D eigenvalue weighted by atomic mass is 10.0. The molecule has 0 fully saturated rings. The highest BCUT2D eigenvalue weighted by atomic mass is 15.1. The Bertz CT molecular complexity index is 844. The van der Waals surface area contributed by atoms with Crippen LogP contribution in [0.3, 0.4) is 0 Å².